The Labute approximate surface area is 147 Å². The summed E-state index contributed by atoms with van der Waals surface area (Å²) in [5.74, 6) is 1.23. The van der Waals surface area contributed by atoms with Crippen LogP contribution in [-0.4, -0.2) is 30.8 Å². The van der Waals surface area contributed by atoms with Crippen LogP contribution >= 0.6 is 0 Å². The van der Waals surface area contributed by atoms with Gasteiger partial charge in [-0.2, -0.15) is 0 Å². The average molecular weight is 360 g/mol. The molecule has 1 aromatic carbocycles. The number of hydrogen-bond acceptors (Lipinski definition) is 5. The molecule has 25 heavy (non-hydrogen) atoms. The van der Waals surface area contributed by atoms with Crippen LogP contribution in [0, 0.1) is 5.92 Å². The Morgan fingerprint density at radius 1 is 1.12 bits per heavy atom. The van der Waals surface area contributed by atoms with E-state index in [0.717, 1.165) is 0 Å². The van der Waals surface area contributed by atoms with Crippen molar-refractivity contribution in [2.24, 2.45) is 5.92 Å². The summed E-state index contributed by atoms with van der Waals surface area (Å²) in [7, 11) is -2.91. The minimum Gasteiger partial charge on any atom is -0.437 e. The van der Waals surface area contributed by atoms with Crippen molar-refractivity contribution in [3.63, 3.8) is 0 Å². The molecule has 1 saturated heterocycles. The fourth-order valence-corrected chi connectivity index (χ4v) is 4.36. The van der Waals surface area contributed by atoms with Crippen LogP contribution in [0.3, 0.4) is 0 Å². The molecule has 1 fully saturated rings. The van der Waals surface area contributed by atoms with Gasteiger partial charge in [0.1, 0.15) is 21.3 Å². The van der Waals surface area contributed by atoms with E-state index in [1.807, 2.05) is 30.3 Å². The molecule has 2 heterocycles. The van der Waals surface area contributed by atoms with Crippen molar-refractivity contribution < 1.29 is 17.9 Å². The van der Waals surface area contributed by atoms with E-state index in [4.69, 9.17) is 4.74 Å². The molecular formula is C18H20N2O4S. The summed E-state index contributed by atoms with van der Waals surface area (Å²) in [5, 5.41) is 2.82. The van der Waals surface area contributed by atoms with Gasteiger partial charge in [0.05, 0.1) is 11.5 Å². The van der Waals surface area contributed by atoms with E-state index in [-0.39, 0.29) is 23.3 Å². The van der Waals surface area contributed by atoms with Gasteiger partial charge >= 0.3 is 0 Å². The maximum atomic E-state index is 12.3. The van der Waals surface area contributed by atoms with Crippen LogP contribution in [0.4, 0.5) is 5.69 Å². The van der Waals surface area contributed by atoms with Crippen molar-refractivity contribution in [2.45, 2.75) is 19.3 Å². The number of nitrogens with one attached hydrogen (secondary N) is 1. The maximum Gasteiger partial charge on any atom is 0.243 e. The number of ether oxygens (including phenoxy) is 1. The summed E-state index contributed by atoms with van der Waals surface area (Å²) in [5.41, 5.74) is 0.500. The number of sulfone groups is 1. The van der Waals surface area contributed by atoms with E-state index in [2.05, 4.69) is 10.3 Å². The lowest BCUT2D eigenvalue weighted by Gasteiger charge is -2.21. The summed E-state index contributed by atoms with van der Waals surface area (Å²) < 4.78 is 28.7. The topological polar surface area (TPSA) is 85.4 Å². The average Bonchev–Trinajstić information content (AvgIpc) is 2.59. The molecule has 1 amide bonds. The molecular weight excluding hydrogens is 340 g/mol. The first-order chi connectivity index (χ1) is 12.0. The molecule has 132 valence electrons. The summed E-state index contributed by atoms with van der Waals surface area (Å²) in [6.07, 6.45) is 2.97. The van der Waals surface area contributed by atoms with E-state index < -0.39 is 9.84 Å². The lowest BCUT2D eigenvalue weighted by Crippen LogP contribution is -2.26. The number of hydrogen-bond donors (Lipinski definition) is 1. The molecule has 3 rings (SSSR count). The van der Waals surface area contributed by atoms with E-state index in [0.29, 0.717) is 36.6 Å². The van der Waals surface area contributed by atoms with Crippen LogP contribution in [0.15, 0.2) is 48.7 Å². The largest absolute Gasteiger partial charge is 0.437 e. The predicted octanol–water partition coefficient (Wildman–Crippen LogP) is 3.03. The molecule has 0 bridgehead atoms. The Hall–Kier alpha value is -2.41. The zero-order valence-electron chi connectivity index (χ0n) is 13.7. The number of benzene rings is 1. The fraction of sp³-hybridized carbons (Fsp3) is 0.333. The lowest BCUT2D eigenvalue weighted by atomic mass is 9.98. The number of para-hydroxylation sites is 1. The molecule has 0 unspecified atom stereocenters. The maximum absolute atomic E-state index is 12.3. The van der Waals surface area contributed by atoms with Gasteiger partial charge in [-0.25, -0.2) is 13.4 Å². The first-order valence-corrected chi connectivity index (χ1v) is 10.0. The minimum atomic E-state index is -2.91. The number of amides is 1. The molecule has 7 heteroatoms. The number of carbonyl (C=O) groups excluding carboxylic acids is 1. The third-order valence-corrected chi connectivity index (χ3v) is 5.87. The van der Waals surface area contributed by atoms with Crippen molar-refractivity contribution in [1.29, 1.82) is 0 Å². The summed E-state index contributed by atoms with van der Waals surface area (Å²) in [4.78, 5) is 16.5. The Balaban J connectivity index is 1.62. The number of pyridine rings is 1. The van der Waals surface area contributed by atoms with Crippen molar-refractivity contribution in [3.05, 3.63) is 48.7 Å². The van der Waals surface area contributed by atoms with Gasteiger partial charge in [-0.05, 0) is 43.0 Å². The van der Waals surface area contributed by atoms with Crippen LogP contribution in [0.2, 0.25) is 0 Å². The van der Waals surface area contributed by atoms with Crippen molar-refractivity contribution in [1.82, 2.24) is 4.98 Å². The molecule has 0 saturated carbocycles. The van der Waals surface area contributed by atoms with E-state index in [1.165, 1.54) is 0 Å². The van der Waals surface area contributed by atoms with Gasteiger partial charge in [0.25, 0.3) is 0 Å². The highest BCUT2D eigenvalue weighted by Crippen LogP contribution is 2.28. The summed E-state index contributed by atoms with van der Waals surface area (Å²) in [6, 6.07) is 12.7. The molecule has 0 spiro atoms. The second-order valence-electron chi connectivity index (χ2n) is 6.12. The minimum absolute atomic E-state index is 0.0960. The second-order valence-corrected chi connectivity index (χ2v) is 8.42. The molecule has 1 aromatic heterocycles. The quantitative estimate of drug-likeness (QED) is 0.886. The van der Waals surface area contributed by atoms with E-state index in [1.54, 1.807) is 18.3 Å². The highest BCUT2D eigenvalue weighted by atomic mass is 32.2. The number of nitrogens with zero attached hydrogens (tertiary/aromatic N) is 1. The molecule has 0 radical (unpaired) electrons. The Morgan fingerprint density at radius 3 is 2.56 bits per heavy atom. The number of rotatable bonds is 5. The van der Waals surface area contributed by atoms with Gasteiger partial charge in [0.2, 0.25) is 11.8 Å². The fourth-order valence-electron chi connectivity index (χ4n) is 2.77. The highest BCUT2D eigenvalue weighted by Gasteiger charge is 2.25. The van der Waals surface area contributed by atoms with Crippen LogP contribution in [0.25, 0.3) is 0 Å². The summed E-state index contributed by atoms with van der Waals surface area (Å²) in [6.45, 7) is 0. The van der Waals surface area contributed by atoms with Gasteiger partial charge in [0, 0.05) is 12.6 Å². The predicted molar refractivity (Wildman–Crippen MR) is 95.4 cm³/mol. The Morgan fingerprint density at radius 2 is 1.84 bits per heavy atom. The van der Waals surface area contributed by atoms with Gasteiger partial charge in [-0.3, -0.25) is 4.79 Å². The SMILES string of the molecule is O=C(CC1CCS(=O)(=O)CC1)Nc1cccnc1Oc1ccccc1. The number of aromatic nitrogens is 1. The monoisotopic (exact) mass is 360 g/mol. The van der Waals surface area contributed by atoms with E-state index in [9.17, 15) is 13.2 Å². The molecule has 1 N–H and O–H groups in total. The Bertz CT molecular complexity index is 823. The zero-order chi connectivity index (χ0) is 17.7. The molecule has 6 nitrogen and oxygen atoms in total. The third kappa shape index (κ3) is 5.03. The Kier molecular flexibility index (Phi) is 5.33. The van der Waals surface area contributed by atoms with Gasteiger partial charge in [-0.1, -0.05) is 18.2 Å². The first kappa shape index (κ1) is 17.4. The number of anilines is 1. The number of carbonyl (C=O) groups is 1. The van der Waals surface area contributed by atoms with Gasteiger partial charge in [0.15, 0.2) is 0 Å². The van der Waals surface area contributed by atoms with Crippen molar-refractivity contribution in [3.8, 4) is 11.6 Å². The second kappa shape index (κ2) is 7.65. The zero-order valence-corrected chi connectivity index (χ0v) is 14.5. The standard InChI is InChI=1S/C18H20N2O4S/c21-17(13-14-8-11-25(22,23)12-9-14)20-16-7-4-10-19-18(16)24-15-5-2-1-3-6-15/h1-7,10,14H,8-9,11-13H2,(H,20,21). The lowest BCUT2D eigenvalue weighted by molar-refractivity contribution is -0.117. The normalized spacial score (nSPS) is 17.0. The smallest absolute Gasteiger partial charge is 0.243 e. The molecule has 1 aliphatic heterocycles. The van der Waals surface area contributed by atoms with Crippen molar-refractivity contribution >= 4 is 21.4 Å². The van der Waals surface area contributed by atoms with Crippen LogP contribution in [0.1, 0.15) is 19.3 Å². The molecule has 1 aliphatic rings. The third-order valence-electron chi connectivity index (χ3n) is 4.15. The van der Waals surface area contributed by atoms with Crippen LogP contribution in [0.5, 0.6) is 11.6 Å². The summed E-state index contributed by atoms with van der Waals surface area (Å²) >= 11 is 0. The van der Waals surface area contributed by atoms with Crippen LogP contribution in [-0.2, 0) is 14.6 Å². The highest BCUT2D eigenvalue weighted by molar-refractivity contribution is 7.91. The first-order valence-electron chi connectivity index (χ1n) is 8.20. The van der Waals surface area contributed by atoms with E-state index >= 15 is 0 Å². The molecule has 0 atom stereocenters. The van der Waals surface area contributed by atoms with Gasteiger partial charge in [-0.15, -0.1) is 0 Å². The van der Waals surface area contributed by atoms with Crippen molar-refractivity contribution in [2.75, 3.05) is 16.8 Å². The molecule has 0 aliphatic carbocycles. The van der Waals surface area contributed by atoms with Gasteiger partial charge < -0.3 is 10.1 Å². The molecule has 2 aromatic rings. The van der Waals surface area contributed by atoms with Crippen LogP contribution < -0.4 is 10.1 Å².